The van der Waals surface area contributed by atoms with Crippen LogP contribution in [0.15, 0.2) is 35.5 Å². The molecule has 1 saturated heterocycles. The summed E-state index contributed by atoms with van der Waals surface area (Å²) >= 11 is 0. The Balaban J connectivity index is 2.37. The van der Waals surface area contributed by atoms with Crippen molar-refractivity contribution < 1.29 is 29.3 Å². The smallest absolute Gasteiger partial charge is 0.334 e. The van der Waals surface area contributed by atoms with Gasteiger partial charge in [0.15, 0.2) is 0 Å². The van der Waals surface area contributed by atoms with E-state index >= 15 is 0 Å². The van der Waals surface area contributed by atoms with Crippen LogP contribution in [-0.2, 0) is 19.1 Å². The lowest BCUT2D eigenvalue weighted by Crippen LogP contribution is -2.35. The molecule has 2 unspecified atom stereocenters. The van der Waals surface area contributed by atoms with Crippen molar-refractivity contribution in [2.24, 2.45) is 11.8 Å². The molecule has 0 aromatic carbocycles. The average molecular weight is 350 g/mol. The van der Waals surface area contributed by atoms with Crippen LogP contribution in [0.2, 0.25) is 0 Å². The maximum atomic E-state index is 12.2. The van der Waals surface area contributed by atoms with Crippen molar-refractivity contribution in [1.82, 2.24) is 0 Å². The van der Waals surface area contributed by atoms with Crippen molar-refractivity contribution in [2.45, 2.75) is 45.3 Å². The number of carbonyl (C=O) groups excluding carboxylic acids is 2. The minimum Gasteiger partial charge on any atom is -0.461 e. The topological polar surface area (TPSA) is 93.1 Å². The third kappa shape index (κ3) is 4.58. The van der Waals surface area contributed by atoms with Crippen LogP contribution in [0.25, 0.3) is 0 Å². The summed E-state index contributed by atoms with van der Waals surface area (Å²) in [4.78, 5) is 24.2. The first-order valence-electron chi connectivity index (χ1n) is 8.54. The predicted octanol–water partition coefficient (Wildman–Crippen LogP) is 1.67. The van der Waals surface area contributed by atoms with Crippen LogP contribution in [0.4, 0.5) is 0 Å². The van der Waals surface area contributed by atoms with E-state index in [2.05, 4.69) is 6.58 Å². The normalized spacial score (nSPS) is 32.6. The molecule has 0 aromatic rings. The summed E-state index contributed by atoms with van der Waals surface area (Å²) < 4.78 is 11.0. The molecule has 0 spiro atoms. The first-order chi connectivity index (χ1) is 11.9. The van der Waals surface area contributed by atoms with Gasteiger partial charge >= 0.3 is 11.9 Å². The quantitative estimate of drug-likeness (QED) is 0.455. The van der Waals surface area contributed by atoms with Gasteiger partial charge in [-0.1, -0.05) is 18.2 Å². The second-order valence-corrected chi connectivity index (χ2v) is 6.76. The Morgan fingerprint density at radius 3 is 2.84 bits per heavy atom. The summed E-state index contributed by atoms with van der Waals surface area (Å²) in [6, 6.07) is 0. The molecule has 1 fully saturated rings. The number of hydrogen-bond acceptors (Lipinski definition) is 6. The van der Waals surface area contributed by atoms with Crippen LogP contribution in [-0.4, -0.2) is 47.6 Å². The lowest BCUT2D eigenvalue weighted by Gasteiger charge is -2.28. The molecule has 2 N–H and O–H groups in total. The van der Waals surface area contributed by atoms with Crippen molar-refractivity contribution in [3.8, 4) is 0 Å². The van der Waals surface area contributed by atoms with E-state index in [0.29, 0.717) is 12.8 Å². The van der Waals surface area contributed by atoms with Gasteiger partial charge < -0.3 is 19.7 Å². The standard InChI is InChI=1S/C19H26O6/c1-11-5-4-6-14(10-21)8-16-17(13(3)19(23)25-16)15(7-11)24-18(22)12(2)9-20/h5,8,12,15-17,20-21H,3-4,6-7,9-10H2,1-2H3/b11-5+,14-8-/t12?,15-,16?,17+/m0/s1. The Morgan fingerprint density at radius 1 is 1.48 bits per heavy atom. The largest absolute Gasteiger partial charge is 0.461 e. The van der Waals surface area contributed by atoms with Crippen LogP contribution in [0.3, 0.4) is 0 Å². The summed E-state index contributed by atoms with van der Waals surface area (Å²) in [5, 5.41) is 18.7. The zero-order chi connectivity index (χ0) is 18.6. The van der Waals surface area contributed by atoms with E-state index in [1.165, 1.54) is 0 Å². The van der Waals surface area contributed by atoms with Crippen molar-refractivity contribution >= 4 is 11.9 Å². The van der Waals surface area contributed by atoms with E-state index in [1.807, 2.05) is 13.0 Å². The minimum atomic E-state index is -0.645. The Morgan fingerprint density at radius 2 is 2.20 bits per heavy atom. The maximum absolute atomic E-state index is 12.2. The predicted molar refractivity (Wildman–Crippen MR) is 91.4 cm³/mol. The van der Waals surface area contributed by atoms with Gasteiger partial charge in [0.1, 0.15) is 12.2 Å². The van der Waals surface area contributed by atoms with Gasteiger partial charge in [-0.05, 0) is 38.3 Å². The van der Waals surface area contributed by atoms with E-state index in [-0.39, 0.29) is 18.8 Å². The van der Waals surface area contributed by atoms with Crippen LogP contribution < -0.4 is 0 Å². The van der Waals surface area contributed by atoms with Crippen LogP contribution in [0.1, 0.15) is 33.1 Å². The number of aliphatic hydroxyl groups is 2. The fourth-order valence-electron chi connectivity index (χ4n) is 3.11. The molecule has 4 atom stereocenters. The summed E-state index contributed by atoms with van der Waals surface area (Å²) in [5.74, 6) is -2.19. The second kappa shape index (κ2) is 8.45. The molecule has 0 saturated carbocycles. The molecule has 0 aromatic heterocycles. The van der Waals surface area contributed by atoms with Crippen molar-refractivity contribution in [3.63, 3.8) is 0 Å². The van der Waals surface area contributed by atoms with Gasteiger partial charge in [0.05, 0.1) is 25.0 Å². The number of fused-ring (bicyclic) bond motifs is 1. The van der Waals surface area contributed by atoms with E-state index in [4.69, 9.17) is 9.47 Å². The Hall–Kier alpha value is -1.92. The molecule has 6 heteroatoms. The zero-order valence-corrected chi connectivity index (χ0v) is 14.7. The summed E-state index contributed by atoms with van der Waals surface area (Å²) in [6.45, 7) is 6.91. The molecule has 1 aliphatic carbocycles. The number of aliphatic hydroxyl groups excluding tert-OH is 2. The van der Waals surface area contributed by atoms with Crippen molar-refractivity contribution in [2.75, 3.05) is 13.2 Å². The second-order valence-electron chi connectivity index (χ2n) is 6.76. The van der Waals surface area contributed by atoms with Crippen LogP contribution in [0, 0.1) is 11.8 Å². The Labute approximate surface area is 147 Å². The highest BCUT2D eigenvalue weighted by molar-refractivity contribution is 5.91. The third-order valence-electron chi connectivity index (χ3n) is 4.69. The highest BCUT2D eigenvalue weighted by Gasteiger charge is 2.44. The highest BCUT2D eigenvalue weighted by Crippen LogP contribution is 2.36. The lowest BCUT2D eigenvalue weighted by molar-refractivity contribution is -0.157. The van der Waals surface area contributed by atoms with Crippen LogP contribution >= 0.6 is 0 Å². The number of ether oxygens (including phenoxy) is 2. The zero-order valence-electron chi connectivity index (χ0n) is 14.7. The van der Waals surface area contributed by atoms with E-state index < -0.39 is 36.0 Å². The number of allylic oxidation sites excluding steroid dienone is 1. The molecule has 25 heavy (non-hydrogen) atoms. The van der Waals surface area contributed by atoms with Crippen molar-refractivity contribution in [3.05, 3.63) is 35.5 Å². The number of rotatable bonds is 4. The number of hydrogen-bond donors (Lipinski definition) is 2. The molecule has 0 radical (unpaired) electrons. The van der Waals surface area contributed by atoms with Crippen LogP contribution in [0.5, 0.6) is 0 Å². The molecule has 2 rings (SSSR count). The molecule has 138 valence electrons. The molecule has 1 aliphatic heterocycles. The fraction of sp³-hybridized carbons (Fsp3) is 0.579. The van der Waals surface area contributed by atoms with Gasteiger partial charge in [0, 0.05) is 12.0 Å². The first kappa shape index (κ1) is 19.4. The molecule has 2 aliphatic rings. The van der Waals surface area contributed by atoms with E-state index in [0.717, 1.165) is 17.6 Å². The van der Waals surface area contributed by atoms with Gasteiger partial charge in [-0.3, -0.25) is 4.79 Å². The first-order valence-corrected chi connectivity index (χ1v) is 8.54. The average Bonchev–Trinajstić information content (AvgIpc) is 2.86. The minimum absolute atomic E-state index is 0.119. The molecular formula is C19H26O6. The fourth-order valence-corrected chi connectivity index (χ4v) is 3.11. The lowest BCUT2D eigenvalue weighted by atomic mass is 9.85. The maximum Gasteiger partial charge on any atom is 0.334 e. The van der Waals surface area contributed by atoms with E-state index in [1.54, 1.807) is 13.0 Å². The molecule has 0 bridgehead atoms. The molecule has 0 amide bonds. The Kier molecular flexibility index (Phi) is 6.56. The number of carbonyl (C=O) groups is 2. The summed E-state index contributed by atoms with van der Waals surface area (Å²) in [5.41, 5.74) is 2.07. The van der Waals surface area contributed by atoms with Gasteiger partial charge in [-0.15, -0.1) is 0 Å². The third-order valence-corrected chi connectivity index (χ3v) is 4.69. The summed E-state index contributed by atoms with van der Waals surface area (Å²) in [6.07, 6.45) is 4.44. The Bertz CT molecular complexity index is 603. The van der Waals surface area contributed by atoms with Crippen molar-refractivity contribution in [1.29, 1.82) is 0 Å². The van der Waals surface area contributed by atoms with Gasteiger partial charge in [0.25, 0.3) is 0 Å². The molecule has 6 nitrogen and oxygen atoms in total. The monoisotopic (exact) mass is 350 g/mol. The highest BCUT2D eigenvalue weighted by atomic mass is 16.6. The van der Waals surface area contributed by atoms with Gasteiger partial charge in [-0.2, -0.15) is 0 Å². The summed E-state index contributed by atoms with van der Waals surface area (Å²) in [7, 11) is 0. The SMILES string of the molecule is C=C1C(=O)OC2/C=C(\CO)CC/C=C(\C)C[C@H](OC(=O)C(C)CO)[C@@H]12. The molecule has 1 heterocycles. The van der Waals surface area contributed by atoms with Gasteiger partial charge in [0.2, 0.25) is 0 Å². The van der Waals surface area contributed by atoms with E-state index in [9.17, 15) is 19.8 Å². The van der Waals surface area contributed by atoms with Gasteiger partial charge in [-0.25, -0.2) is 4.79 Å². The number of esters is 2. The molecular weight excluding hydrogens is 324 g/mol.